The van der Waals surface area contributed by atoms with Crippen LogP contribution < -0.4 is 5.48 Å². The van der Waals surface area contributed by atoms with Crippen molar-refractivity contribution in [3.05, 3.63) is 0 Å². The highest BCUT2D eigenvalue weighted by molar-refractivity contribution is 5.74. The average molecular weight is 230 g/mol. The van der Waals surface area contributed by atoms with Crippen LogP contribution >= 0.6 is 0 Å². The second-order valence-electron chi connectivity index (χ2n) is 4.27. The van der Waals surface area contributed by atoms with E-state index >= 15 is 0 Å². The molecular formula is C10H18N2O4. The average Bonchev–Trinajstić information content (AvgIpc) is 2.21. The van der Waals surface area contributed by atoms with Crippen LogP contribution in [0.2, 0.25) is 0 Å². The number of hydrogen-bond donors (Lipinski definition) is 2. The second-order valence-corrected chi connectivity index (χ2v) is 4.27. The van der Waals surface area contributed by atoms with E-state index in [1.165, 1.54) is 0 Å². The lowest BCUT2D eigenvalue weighted by Gasteiger charge is -2.36. The van der Waals surface area contributed by atoms with Crippen molar-refractivity contribution in [1.29, 1.82) is 0 Å². The molecule has 0 aliphatic carbocycles. The number of likely N-dealkylation sites (tertiary alicyclic amines) is 1. The first-order valence-electron chi connectivity index (χ1n) is 5.41. The molecule has 0 spiro atoms. The van der Waals surface area contributed by atoms with E-state index in [-0.39, 0.29) is 12.1 Å². The van der Waals surface area contributed by atoms with Crippen LogP contribution in [0, 0.1) is 5.92 Å². The summed E-state index contributed by atoms with van der Waals surface area (Å²) >= 11 is 0. The fourth-order valence-electron chi connectivity index (χ4n) is 1.79. The molecule has 1 aliphatic heterocycles. The van der Waals surface area contributed by atoms with Crippen LogP contribution in [-0.4, -0.2) is 41.2 Å². The predicted molar refractivity (Wildman–Crippen MR) is 56.7 cm³/mol. The van der Waals surface area contributed by atoms with Crippen molar-refractivity contribution in [2.75, 3.05) is 13.2 Å². The van der Waals surface area contributed by atoms with E-state index in [0.717, 1.165) is 12.8 Å². The van der Waals surface area contributed by atoms with E-state index in [0.29, 0.717) is 12.5 Å². The molecular weight excluding hydrogens is 212 g/mol. The van der Waals surface area contributed by atoms with Crippen LogP contribution in [0.25, 0.3) is 0 Å². The number of carboxylic acid groups (broad SMARTS) is 1. The number of hydroxylamine groups is 1. The van der Waals surface area contributed by atoms with Crippen molar-refractivity contribution in [3.63, 3.8) is 0 Å². The van der Waals surface area contributed by atoms with Crippen LogP contribution in [0.1, 0.15) is 26.7 Å². The molecule has 0 radical (unpaired) electrons. The highest BCUT2D eigenvalue weighted by Gasteiger charge is 2.26. The smallest absolute Gasteiger partial charge is 0.341 e. The van der Waals surface area contributed by atoms with Crippen molar-refractivity contribution < 1.29 is 19.5 Å². The molecule has 2 amide bonds. The van der Waals surface area contributed by atoms with E-state index in [2.05, 4.69) is 17.2 Å². The SMILES string of the molecule is CC1CCC(C)N(C(=O)NOCC(=O)O)C1. The molecule has 0 saturated carbocycles. The Labute approximate surface area is 94.5 Å². The number of nitrogens with one attached hydrogen (secondary N) is 1. The molecule has 6 heteroatoms. The van der Waals surface area contributed by atoms with Gasteiger partial charge in [-0.1, -0.05) is 6.92 Å². The van der Waals surface area contributed by atoms with Gasteiger partial charge in [0, 0.05) is 12.6 Å². The van der Waals surface area contributed by atoms with Gasteiger partial charge in [0.05, 0.1) is 0 Å². The minimum absolute atomic E-state index is 0.171. The zero-order valence-electron chi connectivity index (χ0n) is 9.60. The molecule has 1 saturated heterocycles. The quantitative estimate of drug-likeness (QED) is 0.704. The first kappa shape index (κ1) is 12.8. The van der Waals surface area contributed by atoms with Crippen LogP contribution in [0.5, 0.6) is 0 Å². The summed E-state index contributed by atoms with van der Waals surface area (Å²) in [6.45, 7) is 4.22. The summed E-state index contributed by atoms with van der Waals surface area (Å²) in [6.07, 6.45) is 2.08. The maximum atomic E-state index is 11.6. The monoisotopic (exact) mass is 230 g/mol. The lowest BCUT2D eigenvalue weighted by atomic mass is 9.95. The van der Waals surface area contributed by atoms with Crippen LogP contribution in [0.4, 0.5) is 4.79 Å². The van der Waals surface area contributed by atoms with Gasteiger partial charge in [0.1, 0.15) is 0 Å². The van der Waals surface area contributed by atoms with Gasteiger partial charge in [0.2, 0.25) is 0 Å². The summed E-state index contributed by atoms with van der Waals surface area (Å²) in [5.74, 6) is -0.637. The van der Waals surface area contributed by atoms with Crippen molar-refractivity contribution in [3.8, 4) is 0 Å². The molecule has 0 aromatic heterocycles. The number of rotatable bonds is 3. The molecule has 0 bridgehead atoms. The topological polar surface area (TPSA) is 78.9 Å². The summed E-state index contributed by atoms with van der Waals surface area (Å²) in [7, 11) is 0. The minimum atomic E-state index is -1.11. The fraction of sp³-hybridized carbons (Fsp3) is 0.800. The molecule has 2 atom stereocenters. The largest absolute Gasteiger partial charge is 0.479 e. The Morgan fingerprint density at radius 1 is 1.44 bits per heavy atom. The number of aliphatic carboxylic acids is 1. The minimum Gasteiger partial charge on any atom is -0.479 e. The number of urea groups is 1. The van der Waals surface area contributed by atoms with E-state index in [1.54, 1.807) is 4.90 Å². The third-order valence-corrected chi connectivity index (χ3v) is 2.73. The van der Waals surface area contributed by atoms with Gasteiger partial charge >= 0.3 is 12.0 Å². The molecule has 92 valence electrons. The molecule has 0 aromatic carbocycles. The van der Waals surface area contributed by atoms with E-state index in [1.807, 2.05) is 6.92 Å². The van der Waals surface area contributed by atoms with E-state index < -0.39 is 12.6 Å². The fourth-order valence-corrected chi connectivity index (χ4v) is 1.79. The van der Waals surface area contributed by atoms with Crippen molar-refractivity contribution in [2.24, 2.45) is 5.92 Å². The van der Waals surface area contributed by atoms with Gasteiger partial charge in [0.15, 0.2) is 6.61 Å². The summed E-state index contributed by atoms with van der Waals surface area (Å²) in [4.78, 5) is 28.0. The third kappa shape index (κ3) is 3.69. The van der Waals surface area contributed by atoms with Gasteiger partial charge in [-0.25, -0.2) is 15.1 Å². The first-order valence-corrected chi connectivity index (χ1v) is 5.41. The van der Waals surface area contributed by atoms with E-state index in [9.17, 15) is 9.59 Å². The normalized spacial score (nSPS) is 25.2. The Balaban J connectivity index is 2.36. The van der Waals surface area contributed by atoms with Gasteiger partial charge in [-0.15, -0.1) is 0 Å². The second kappa shape index (κ2) is 5.69. The standard InChI is InChI=1S/C10H18N2O4/c1-7-3-4-8(2)12(5-7)10(15)11-16-6-9(13)14/h7-8H,3-6H2,1-2H3,(H,11,15)(H,13,14). The molecule has 2 N–H and O–H groups in total. The number of carboxylic acids is 1. The maximum absolute atomic E-state index is 11.6. The Morgan fingerprint density at radius 2 is 2.12 bits per heavy atom. The van der Waals surface area contributed by atoms with Crippen molar-refractivity contribution >= 4 is 12.0 Å². The van der Waals surface area contributed by atoms with Gasteiger partial charge in [0.25, 0.3) is 0 Å². The lowest BCUT2D eigenvalue weighted by Crippen LogP contribution is -2.49. The number of carbonyl (C=O) groups is 2. The Bertz CT molecular complexity index is 270. The molecule has 1 rings (SSSR count). The summed E-state index contributed by atoms with van der Waals surface area (Å²) < 4.78 is 0. The zero-order chi connectivity index (χ0) is 12.1. The Hall–Kier alpha value is -1.30. The first-order chi connectivity index (χ1) is 7.50. The summed E-state index contributed by atoms with van der Waals surface area (Å²) in [5.41, 5.74) is 2.14. The number of hydrogen-bond acceptors (Lipinski definition) is 3. The number of nitrogens with zero attached hydrogens (tertiary/aromatic N) is 1. The van der Waals surface area contributed by atoms with Crippen LogP contribution in [0.3, 0.4) is 0 Å². The van der Waals surface area contributed by atoms with Gasteiger partial charge in [-0.05, 0) is 25.7 Å². The zero-order valence-corrected chi connectivity index (χ0v) is 9.60. The molecule has 0 aromatic rings. The molecule has 16 heavy (non-hydrogen) atoms. The van der Waals surface area contributed by atoms with Gasteiger partial charge in [-0.3, -0.25) is 4.84 Å². The predicted octanol–water partition coefficient (Wildman–Crippen LogP) is 0.833. The number of piperidine rings is 1. The summed E-state index contributed by atoms with van der Waals surface area (Å²) in [6, 6.07) is -0.190. The Kier molecular flexibility index (Phi) is 4.54. The highest BCUT2D eigenvalue weighted by atomic mass is 16.7. The molecule has 2 unspecified atom stereocenters. The molecule has 1 fully saturated rings. The number of amides is 2. The third-order valence-electron chi connectivity index (χ3n) is 2.73. The maximum Gasteiger partial charge on any atom is 0.341 e. The van der Waals surface area contributed by atoms with E-state index in [4.69, 9.17) is 5.11 Å². The van der Waals surface area contributed by atoms with Crippen molar-refractivity contribution in [1.82, 2.24) is 10.4 Å². The Morgan fingerprint density at radius 3 is 2.75 bits per heavy atom. The molecule has 6 nitrogen and oxygen atoms in total. The van der Waals surface area contributed by atoms with Gasteiger partial charge in [-0.2, -0.15) is 0 Å². The van der Waals surface area contributed by atoms with Gasteiger partial charge < -0.3 is 10.0 Å². The summed E-state index contributed by atoms with van der Waals surface area (Å²) in [5, 5.41) is 8.34. The highest BCUT2D eigenvalue weighted by Crippen LogP contribution is 2.20. The van der Waals surface area contributed by atoms with Crippen LogP contribution in [-0.2, 0) is 9.63 Å². The molecule has 1 aliphatic rings. The molecule has 1 heterocycles. The van der Waals surface area contributed by atoms with Crippen LogP contribution in [0.15, 0.2) is 0 Å². The number of carbonyl (C=O) groups excluding carboxylic acids is 1. The lowest BCUT2D eigenvalue weighted by molar-refractivity contribution is -0.144. The van der Waals surface area contributed by atoms with Crippen molar-refractivity contribution in [2.45, 2.75) is 32.7 Å².